The first kappa shape index (κ1) is 6.30. The largest absolute Gasteiger partial charge is 0.324 e. The van der Waals surface area contributed by atoms with Gasteiger partial charge in [-0.3, -0.25) is 0 Å². The zero-order valence-electron chi connectivity index (χ0n) is 5.46. The maximum absolute atomic E-state index is 5.58. The summed E-state index contributed by atoms with van der Waals surface area (Å²) in [5, 5.41) is 0. The maximum atomic E-state index is 5.58. The normalized spacial score (nSPS) is 13.1. The Morgan fingerprint density at radius 1 is 1.56 bits per heavy atom. The predicted molar refractivity (Wildman–Crippen MR) is 37.9 cm³/mol. The number of rotatable bonds is 1. The van der Waals surface area contributed by atoms with Gasteiger partial charge >= 0.3 is 0 Å². The Kier molecular flexibility index (Phi) is 1.85. The molecule has 0 fully saturated rings. The average molecular weight is 120 g/mol. The summed E-state index contributed by atoms with van der Waals surface area (Å²) in [6.07, 6.45) is 0. The molecular formula is C8H10N. The van der Waals surface area contributed by atoms with Crippen molar-refractivity contribution in [2.45, 2.75) is 13.0 Å². The summed E-state index contributed by atoms with van der Waals surface area (Å²) in [7, 11) is 0. The molecule has 0 amide bonds. The molecule has 2 N–H and O–H groups in total. The summed E-state index contributed by atoms with van der Waals surface area (Å²) >= 11 is 0. The van der Waals surface area contributed by atoms with E-state index in [1.54, 1.807) is 0 Å². The van der Waals surface area contributed by atoms with Crippen molar-refractivity contribution in [2.24, 2.45) is 5.73 Å². The molecule has 1 atom stereocenters. The molecule has 0 spiro atoms. The van der Waals surface area contributed by atoms with Crippen LogP contribution >= 0.6 is 0 Å². The zero-order valence-corrected chi connectivity index (χ0v) is 5.46. The van der Waals surface area contributed by atoms with E-state index in [4.69, 9.17) is 5.73 Å². The first-order chi connectivity index (χ1) is 4.30. The Balaban J connectivity index is 2.85. The Morgan fingerprint density at radius 2 is 2.33 bits per heavy atom. The van der Waals surface area contributed by atoms with Crippen LogP contribution in [-0.2, 0) is 0 Å². The zero-order chi connectivity index (χ0) is 6.69. The molecule has 1 aromatic rings. The van der Waals surface area contributed by atoms with E-state index in [-0.39, 0.29) is 6.04 Å². The highest BCUT2D eigenvalue weighted by Crippen LogP contribution is 2.05. The van der Waals surface area contributed by atoms with Gasteiger partial charge in [-0.1, -0.05) is 24.3 Å². The van der Waals surface area contributed by atoms with Crippen LogP contribution in [0.15, 0.2) is 24.3 Å². The average Bonchev–Trinajstić information content (AvgIpc) is 1.90. The lowest BCUT2D eigenvalue weighted by molar-refractivity contribution is 0.817. The summed E-state index contributed by atoms with van der Waals surface area (Å²) in [5.41, 5.74) is 6.65. The monoisotopic (exact) mass is 120 g/mol. The Labute approximate surface area is 55.5 Å². The summed E-state index contributed by atoms with van der Waals surface area (Å²) < 4.78 is 0. The van der Waals surface area contributed by atoms with E-state index in [9.17, 15) is 0 Å². The highest BCUT2D eigenvalue weighted by molar-refractivity contribution is 5.15. The Morgan fingerprint density at radius 3 is 2.67 bits per heavy atom. The molecule has 9 heavy (non-hydrogen) atoms. The van der Waals surface area contributed by atoms with Gasteiger partial charge in [0.15, 0.2) is 0 Å². The molecule has 0 aliphatic heterocycles. The topological polar surface area (TPSA) is 26.0 Å². The van der Waals surface area contributed by atoms with Crippen LogP contribution in [0.2, 0.25) is 0 Å². The number of hydrogen-bond acceptors (Lipinski definition) is 1. The van der Waals surface area contributed by atoms with Crippen molar-refractivity contribution >= 4 is 0 Å². The molecule has 1 nitrogen and oxygen atoms in total. The van der Waals surface area contributed by atoms with Crippen LogP contribution in [0, 0.1) is 6.07 Å². The van der Waals surface area contributed by atoms with E-state index in [0.717, 1.165) is 5.56 Å². The SMILES string of the molecule is C[C@H](N)c1[c]cccc1. The molecule has 0 aliphatic carbocycles. The third-order valence-electron chi connectivity index (χ3n) is 1.22. The smallest absolute Gasteiger partial charge is 0.0272 e. The van der Waals surface area contributed by atoms with Crippen molar-refractivity contribution in [1.82, 2.24) is 0 Å². The van der Waals surface area contributed by atoms with E-state index >= 15 is 0 Å². The van der Waals surface area contributed by atoms with Crippen LogP contribution in [-0.4, -0.2) is 0 Å². The highest BCUT2D eigenvalue weighted by Gasteiger charge is 1.94. The molecule has 1 radical (unpaired) electrons. The van der Waals surface area contributed by atoms with Gasteiger partial charge < -0.3 is 5.73 Å². The lowest BCUT2D eigenvalue weighted by atomic mass is 10.1. The second-order valence-corrected chi connectivity index (χ2v) is 2.11. The molecule has 0 bridgehead atoms. The minimum atomic E-state index is 0.103. The fourth-order valence-electron chi connectivity index (χ4n) is 0.690. The first-order valence-corrected chi connectivity index (χ1v) is 3.03. The number of hydrogen-bond donors (Lipinski definition) is 1. The standard InChI is InChI=1S/C8H10N/c1-7(9)8-5-3-2-4-6-8/h2-5,7H,9H2,1H3/t7-/m0/s1. The predicted octanol–water partition coefficient (Wildman–Crippen LogP) is 1.51. The quantitative estimate of drug-likeness (QED) is 0.597. The molecule has 1 heteroatoms. The van der Waals surface area contributed by atoms with Gasteiger partial charge in [-0.15, -0.1) is 0 Å². The first-order valence-electron chi connectivity index (χ1n) is 3.03. The second kappa shape index (κ2) is 2.65. The van der Waals surface area contributed by atoms with Gasteiger partial charge in [0.2, 0.25) is 0 Å². The van der Waals surface area contributed by atoms with Crippen LogP contribution in [0.1, 0.15) is 18.5 Å². The van der Waals surface area contributed by atoms with Crippen molar-refractivity contribution in [3.63, 3.8) is 0 Å². The number of nitrogens with two attached hydrogens (primary N) is 1. The van der Waals surface area contributed by atoms with E-state index in [2.05, 4.69) is 6.07 Å². The van der Waals surface area contributed by atoms with E-state index in [0.29, 0.717) is 0 Å². The molecule has 0 saturated carbocycles. The van der Waals surface area contributed by atoms with Gasteiger partial charge in [-0.05, 0) is 18.6 Å². The molecule has 47 valence electrons. The van der Waals surface area contributed by atoms with Gasteiger partial charge in [0.05, 0.1) is 0 Å². The Hall–Kier alpha value is -0.820. The van der Waals surface area contributed by atoms with Gasteiger partial charge in [0.25, 0.3) is 0 Å². The molecule has 0 aliphatic rings. The minimum Gasteiger partial charge on any atom is -0.324 e. The number of benzene rings is 1. The Bertz CT molecular complexity index is 167. The van der Waals surface area contributed by atoms with E-state index in [1.807, 2.05) is 31.2 Å². The van der Waals surface area contributed by atoms with Crippen LogP contribution in [0.4, 0.5) is 0 Å². The van der Waals surface area contributed by atoms with Crippen molar-refractivity contribution < 1.29 is 0 Å². The van der Waals surface area contributed by atoms with Gasteiger partial charge in [0.1, 0.15) is 0 Å². The third-order valence-corrected chi connectivity index (χ3v) is 1.22. The lowest BCUT2D eigenvalue weighted by Crippen LogP contribution is -2.03. The van der Waals surface area contributed by atoms with Crippen molar-refractivity contribution in [2.75, 3.05) is 0 Å². The summed E-state index contributed by atoms with van der Waals surface area (Å²) in [4.78, 5) is 0. The minimum absolute atomic E-state index is 0.103. The van der Waals surface area contributed by atoms with Crippen LogP contribution < -0.4 is 5.73 Å². The maximum Gasteiger partial charge on any atom is 0.0272 e. The van der Waals surface area contributed by atoms with Gasteiger partial charge in [0, 0.05) is 6.04 Å². The second-order valence-electron chi connectivity index (χ2n) is 2.11. The van der Waals surface area contributed by atoms with E-state index in [1.165, 1.54) is 0 Å². The molecule has 0 unspecified atom stereocenters. The van der Waals surface area contributed by atoms with Crippen molar-refractivity contribution in [1.29, 1.82) is 0 Å². The van der Waals surface area contributed by atoms with Gasteiger partial charge in [-0.2, -0.15) is 0 Å². The molecule has 0 saturated heterocycles. The molecule has 1 rings (SSSR count). The van der Waals surface area contributed by atoms with E-state index < -0.39 is 0 Å². The molecular weight excluding hydrogens is 110 g/mol. The summed E-state index contributed by atoms with van der Waals surface area (Å²) in [6.45, 7) is 1.95. The van der Waals surface area contributed by atoms with Crippen molar-refractivity contribution in [3.8, 4) is 0 Å². The fraction of sp³-hybridized carbons (Fsp3) is 0.250. The molecule has 0 aromatic heterocycles. The molecule has 0 heterocycles. The van der Waals surface area contributed by atoms with Crippen LogP contribution in [0.5, 0.6) is 0 Å². The summed E-state index contributed by atoms with van der Waals surface area (Å²) in [5.74, 6) is 0. The third kappa shape index (κ3) is 1.54. The summed E-state index contributed by atoms with van der Waals surface area (Å²) in [6, 6.07) is 10.9. The lowest BCUT2D eigenvalue weighted by Gasteiger charge is -2.01. The van der Waals surface area contributed by atoms with Gasteiger partial charge in [-0.25, -0.2) is 0 Å². The van der Waals surface area contributed by atoms with Crippen LogP contribution in [0.3, 0.4) is 0 Å². The molecule has 1 aromatic carbocycles. The van der Waals surface area contributed by atoms with Crippen molar-refractivity contribution in [3.05, 3.63) is 35.9 Å². The highest BCUT2D eigenvalue weighted by atomic mass is 14.6. The fourth-order valence-corrected chi connectivity index (χ4v) is 0.690. The van der Waals surface area contributed by atoms with Crippen LogP contribution in [0.25, 0.3) is 0 Å².